The fourth-order valence-corrected chi connectivity index (χ4v) is 1.97. The third-order valence-corrected chi connectivity index (χ3v) is 2.38. The SMILES string of the molecule is Cc1cccc(Br)c1C(C)O. The molecule has 1 nitrogen and oxygen atoms in total. The van der Waals surface area contributed by atoms with Crippen LogP contribution in [0.3, 0.4) is 0 Å². The van der Waals surface area contributed by atoms with E-state index < -0.39 is 6.10 Å². The second-order valence-electron chi connectivity index (χ2n) is 2.65. The van der Waals surface area contributed by atoms with Gasteiger partial charge in [-0.3, -0.25) is 0 Å². The molecule has 11 heavy (non-hydrogen) atoms. The molecular weight excluding hydrogens is 204 g/mol. The molecule has 1 aromatic carbocycles. The molecule has 0 aliphatic carbocycles. The van der Waals surface area contributed by atoms with Crippen molar-refractivity contribution in [2.75, 3.05) is 0 Å². The Balaban J connectivity index is 3.21. The van der Waals surface area contributed by atoms with Crippen LogP contribution in [0, 0.1) is 6.92 Å². The number of hydrogen-bond acceptors (Lipinski definition) is 1. The molecule has 60 valence electrons. The zero-order valence-electron chi connectivity index (χ0n) is 6.63. The van der Waals surface area contributed by atoms with E-state index in [2.05, 4.69) is 15.9 Å². The van der Waals surface area contributed by atoms with Crippen LogP contribution in [0.25, 0.3) is 0 Å². The number of hydrogen-bond donors (Lipinski definition) is 1. The molecule has 0 heterocycles. The Morgan fingerprint density at radius 1 is 1.45 bits per heavy atom. The van der Waals surface area contributed by atoms with E-state index >= 15 is 0 Å². The third kappa shape index (κ3) is 1.82. The van der Waals surface area contributed by atoms with Crippen molar-refractivity contribution in [2.24, 2.45) is 0 Å². The molecule has 0 aliphatic heterocycles. The Labute approximate surface area is 75.2 Å². The van der Waals surface area contributed by atoms with E-state index in [-0.39, 0.29) is 0 Å². The first-order valence-corrected chi connectivity index (χ1v) is 4.35. The van der Waals surface area contributed by atoms with Gasteiger partial charge in [0.25, 0.3) is 0 Å². The number of halogens is 1. The molecule has 0 fully saturated rings. The molecular formula is C9H11BrO. The Kier molecular flexibility index (Phi) is 2.68. The molecule has 0 aliphatic rings. The molecule has 0 radical (unpaired) electrons. The second-order valence-corrected chi connectivity index (χ2v) is 3.50. The maximum atomic E-state index is 9.36. The van der Waals surface area contributed by atoms with Gasteiger partial charge in [0, 0.05) is 4.47 Å². The quantitative estimate of drug-likeness (QED) is 0.763. The summed E-state index contributed by atoms with van der Waals surface area (Å²) in [5.41, 5.74) is 2.10. The van der Waals surface area contributed by atoms with Gasteiger partial charge in [0.05, 0.1) is 6.10 Å². The molecule has 0 saturated heterocycles. The van der Waals surface area contributed by atoms with Crippen LogP contribution in [0.15, 0.2) is 22.7 Å². The summed E-state index contributed by atoms with van der Waals surface area (Å²) in [7, 11) is 0. The van der Waals surface area contributed by atoms with Gasteiger partial charge in [0.1, 0.15) is 0 Å². The van der Waals surface area contributed by atoms with E-state index in [0.717, 1.165) is 15.6 Å². The molecule has 0 bridgehead atoms. The summed E-state index contributed by atoms with van der Waals surface area (Å²) in [5.74, 6) is 0. The number of aliphatic hydroxyl groups is 1. The van der Waals surface area contributed by atoms with Crippen molar-refractivity contribution in [3.05, 3.63) is 33.8 Å². The minimum absolute atomic E-state index is 0.398. The minimum atomic E-state index is -0.398. The second kappa shape index (κ2) is 3.37. The highest BCUT2D eigenvalue weighted by molar-refractivity contribution is 9.10. The Hall–Kier alpha value is -0.340. The zero-order valence-corrected chi connectivity index (χ0v) is 8.22. The van der Waals surface area contributed by atoms with E-state index in [1.54, 1.807) is 6.92 Å². The summed E-state index contributed by atoms with van der Waals surface area (Å²) < 4.78 is 0.979. The van der Waals surface area contributed by atoms with Crippen LogP contribution in [0.4, 0.5) is 0 Å². The average molecular weight is 215 g/mol. The lowest BCUT2D eigenvalue weighted by Gasteiger charge is -2.10. The molecule has 2 heteroatoms. The maximum Gasteiger partial charge on any atom is 0.0775 e. The number of rotatable bonds is 1. The third-order valence-electron chi connectivity index (χ3n) is 1.69. The van der Waals surface area contributed by atoms with Crippen molar-refractivity contribution >= 4 is 15.9 Å². The van der Waals surface area contributed by atoms with Gasteiger partial charge in [-0.15, -0.1) is 0 Å². The predicted octanol–water partition coefficient (Wildman–Crippen LogP) is 2.81. The van der Waals surface area contributed by atoms with Crippen LogP contribution in [0.2, 0.25) is 0 Å². The monoisotopic (exact) mass is 214 g/mol. The van der Waals surface area contributed by atoms with Gasteiger partial charge in [-0.2, -0.15) is 0 Å². The minimum Gasteiger partial charge on any atom is -0.389 e. The van der Waals surface area contributed by atoms with E-state index in [4.69, 9.17) is 0 Å². The van der Waals surface area contributed by atoms with E-state index in [0.29, 0.717) is 0 Å². The molecule has 0 amide bonds. The van der Waals surface area contributed by atoms with Crippen molar-refractivity contribution in [3.8, 4) is 0 Å². The molecule has 1 rings (SSSR count). The lowest BCUT2D eigenvalue weighted by molar-refractivity contribution is 0.198. The predicted molar refractivity (Wildman–Crippen MR) is 49.5 cm³/mol. The summed E-state index contributed by atoms with van der Waals surface area (Å²) >= 11 is 3.39. The highest BCUT2D eigenvalue weighted by atomic mass is 79.9. The molecule has 1 atom stereocenters. The van der Waals surface area contributed by atoms with Gasteiger partial charge >= 0.3 is 0 Å². The number of benzene rings is 1. The maximum absolute atomic E-state index is 9.36. The van der Waals surface area contributed by atoms with Crippen LogP contribution in [0.5, 0.6) is 0 Å². The summed E-state index contributed by atoms with van der Waals surface area (Å²) in [6.45, 7) is 3.76. The van der Waals surface area contributed by atoms with Crippen LogP contribution in [-0.4, -0.2) is 5.11 Å². The van der Waals surface area contributed by atoms with Crippen molar-refractivity contribution in [1.82, 2.24) is 0 Å². The average Bonchev–Trinajstić information content (AvgIpc) is 1.85. The summed E-state index contributed by atoms with van der Waals surface area (Å²) in [5, 5.41) is 9.36. The summed E-state index contributed by atoms with van der Waals surface area (Å²) in [4.78, 5) is 0. The van der Waals surface area contributed by atoms with E-state index in [1.807, 2.05) is 25.1 Å². The van der Waals surface area contributed by atoms with Crippen LogP contribution >= 0.6 is 15.9 Å². The molecule has 0 spiro atoms. The fraction of sp³-hybridized carbons (Fsp3) is 0.333. The first kappa shape index (κ1) is 8.75. The van der Waals surface area contributed by atoms with Crippen molar-refractivity contribution in [3.63, 3.8) is 0 Å². The first-order chi connectivity index (χ1) is 5.13. The molecule has 1 N–H and O–H groups in total. The van der Waals surface area contributed by atoms with Crippen molar-refractivity contribution in [1.29, 1.82) is 0 Å². The Bertz CT molecular complexity index is 235. The highest BCUT2D eigenvalue weighted by Crippen LogP contribution is 2.25. The van der Waals surface area contributed by atoms with Crippen molar-refractivity contribution < 1.29 is 5.11 Å². The Morgan fingerprint density at radius 2 is 2.09 bits per heavy atom. The van der Waals surface area contributed by atoms with Gasteiger partial charge in [0.2, 0.25) is 0 Å². The van der Waals surface area contributed by atoms with Gasteiger partial charge < -0.3 is 5.11 Å². The zero-order chi connectivity index (χ0) is 8.43. The normalized spacial score (nSPS) is 13.1. The summed E-state index contributed by atoms with van der Waals surface area (Å²) in [6, 6.07) is 5.90. The van der Waals surface area contributed by atoms with Gasteiger partial charge in [0.15, 0.2) is 0 Å². The van der Waals surface area contributed by atoms with Gasteiger partial charge in [-0.05, 0) is 31.0 Å². The largest absolute Gasteiger partial charge is 0.389 e. The standard InChI is InChI=1S/C9H11BrO/c1-6-4-3-5-8(10)9(6)7(2)11/h3-5,7,11H,1-2H3. The smallest absolute Gasteiger partial charge is 0.0775 e. The molecule has 1 aromatic rings. The number of aliphatic hydroxyl groups excluding tert-OH is 1. The van der Waals surface area contributed by atoms with Gasteiger partial charge in [-0.1, -0.05) is 28.1 Å². The molecule has 0 aromatic heterocycles. The molecule has 0 saturated carbocycles. The van der Waals surface area contributed by atoms with Crippen LogP contribution < -0.4 is 0 Å². The van der Waals surface area contributed by atoms with Crippen molar-refractivity contribution in [2.45, 2.75) is 20.0 Å². The topological polar surface area (TPSA) is 20.2 Å². The fourth-order valence-electron chi connectivity index (χ4n) is 1.17. The van der Waals surface area contributed by atoms with Gasteiger partial charge in [-0.25, -0.2) is 0 Å². The Morgan fingerprint density at radius 3 is 2.45 bits per heavy atom. The summed E-state index contributed by atoms with van der Waals surface area (Å²) in [6.07, 6.45) is -0.398. The van der Waals surface area contributed by atoms with Crippen LogP contribution in [-0.2, 0) is 0 Å². The number of aryl methyl sites for hydroxylation is 1. The molecule has 1 unspecified atom stereocenters. The van der Waals surface area contributed by atoms with Crippen LogP contribution in [0.1, 0.15) is 24.2 Å². The highest BCUT2D eigenvalue weighted by Gasteiger charge is 2.07. The first-order valence-electron chi connectivity index (χ1n) is 3.56. The lowest BCUT2D eigenvalue weighted by atomic mass is 10.1. The van der Waals surface area contributed by atoms with E-state index in [1.165, 1.54) is 0 Å². The van der Waals surface area contributed by atoms with E-state index in [9.17, 15) is 5.11 Å². The lowest BCUT2D eigenvalue weighted by Crippen LogP contribution is -1.95.